The lowest BCUT2D eigenvalue weighted by Gasteiger charge is -2.17. The van der Waals surface area contributed by atoms with Crippen LogP contribution in [0.1, 0.15) is 12.0 Å². The molecule has 0 saturated carbocycles. The number of amides is 2. The standard InChI is InChI=1S/C18H17ClN2O3/c1-11-14(19)4-3-5-15(11)20-16-10-17(22)21(18(16)23)12-6-8-13(24-2)9-7-12/h3-9,16,20H,10H2,1-2H3/t16-/m1/s1. The summed E-state index contributed by atoms with van der Waals surface area (Å²) in [6.45, 7) is 1.87. The Labute approximate surface area is 145 Å². The van der Waals surface area contributed by atoms with Gasteiger partial charge in [-0.25, -0.2) is 4.90 Å². The molecule has 2 aromatic carbocycles. The summed E-state index contributed by atoms with van der Waals surface area (Å²) in [6.07, 6.45) is 0.108. The molecule has 0 aliphatic carbocycles. The van der Waals surface area contributed by atoms with Gasteiger partial charge >= 0.3 is 0 Å². The van der Waals surface area contributed by atoms with Crippen LogP contribution in [0.2, 0.25) is 5.02 Å². The van der Waals surface area contributed by atoms with Crippen LogP contribution in [0.15, 0.2) is 42.5 Å². The zero-order chi connectivity index (χ0) is 17.3. The monoisotopic (exact) mass is 344 g/mol. The van der Waals surface area contributed by atoms with Crippen molar-refractivity contribution < 1.29 is 14.3 Å². The summed E-state index contributed by atoms with van der Waals surface area (Å²) in [4.78, 5) is 26.2. The molecule has 3 rings (SSSR count). The maximum absolute atomic E-state index is 12.6. The van der Waals surface area contributed by atoms with Crippen molar-refractivity contribution in [3.63, 3.8) is 0 Å². The first-order valence-corrected chi connectivity index (χ1v) is 7.91. The number of rotatable bonds is 4. The number of halogens is 1. The Bertz CT molecular complexity index is 789. The van der Waals surface area contributed by atoms with Crippen molar-refractivity contribution in [3.05, 3.63) is 53.1 Å². The number of imide groups is 1. The van der Waals surface area contributed by atoms with Gasteiger partial charge in [0.05, 0.1) is 19.2 Å². The summed E-state index contributed by atoms with van der Waals surface area (Å²) in [6, 6.07) is 11.7. The van der Waals surface area contributed by atoms with E-state index in [1.165, 1.54) is 4.90 Å². The third-order valence-electron chi connectivity index (χ3n) is 4.07. The van der Waals surface area contributed by atoms with Crippen LogP contribution in [-0.2, 0) is 9.59 Å². The fraction of sp³-hybridized carbons (Fsp3) is 0.222. The van der Waals surface area contributed by atoms with Crippen LogP contribution in [0.4, 0.5) is 11.4 Å². The lowest BCUT2D eigenvalue weighted by Crippen LogP contribution is -2.34. The molecule has 1 saturated heterocycles. The van der Waals surface area contributed by atoms with Gasteiger partial charge in [0.2, 0.25) is 5.91 Å². The highest BCUT2D eigenvalue weighted by Crippen LogP contribution is 2.29. The Balaban J connectivity index is 1.82. The first kappa shape index (κ1) is 16.3. The number of nitrogens with zero attached hydrogens (tertiary/aromatic N) is 1. The Morgan fingerprint density at radius 3 is 2.54 bits per heavy atom. The third-order valence-corrected chi connectivity index (χ3v) is 4.48. The number of benzene rings is 2. The summed E-state index contributed by atoms with van der Waals surface area (Å²) in [7, 11) is 1.56. The van der Waals surface area contributed by atoms with Gasteiger partial charge in [0.1, 0.15) is 11.8 Å². The van der Waals surface area contributed by atoms with Crippen molar-refractivity contribution in [1.82, 2.24) is 0 Å². The Morgan fingerprint density at radius 2 is 1.88 bits per heavy atom. The van der Waals surface area contributed by atoms with E-state index < -0.39 is 6.04 Å². The zero-order valence-electron chi connectivity index (χ0n) is 13.4. The van der Waals surface area contributed by atoms with Crippen LogP contribution in [0.5, 0.6) is 5.75 Å². The molecule has 2 aromatic rings. The second-order valence-electron chi connectivity index (χ2n) is 5.58. The largest absolute Gasteiger partial charge is 0.497 e. The highest BCUT2D eigenvalue weighted by atomic mass is 35.5. The molecule has 1 N–H and O–H groups in total. The molecular weight excluding hydrogens is 328 g/mol. The fourth-order valence-electron chi connectivity index (χ4n) is 2.70. The second kappa shape index (κ2) is 6.53. The van der Waals surface area contributed by atoms with E-state index in [9.17, 15) is 9.59 Å². The van der Waals surface area contributed by atoms with Gasteiger partial charge in [-0.05, 0) is 48.9 Å². The maximum Gasteiger partial charge on any atom is 0.256 e. The highest BCUT2D eigenvalue weighted by Gasteiger charge is 2.39. The Kier molecular flexibility index (Phi) is 4.44. The molecule has 124 valence electrons. The van der Waals surface area contributed by atoms with Gasteiger partial charge in [-0.3, -0.25) is 9.59 Å². The average molecular weight is 345 g/mol. The molecule has 1 fully saturated rings. The molecule has 0 spiro atoms. The summed E-state index contributed by atoms with van der Waals surface area (Å²) >= 11 is 6.10. The molecule has 0 unspecified atom stereocenters. The molecule has 24 heavy (non-hydrogen) atoms. The van der Waals surface area contributed by atoms with E-state index in [0.29, 0.717) is 16.5 Å². The SMILES string of the molecule is COc1ccc(N2C(=O)C[C@@H](Nc3cccc(Cl)c3C)C2=O)cc1. The summed E-state index contributed by atoms with van der Waals surface area (Å²) in [5.74, 6) is 0.161. The van der Waals surface area contributed by atoms with Gasteiger partial charge in [0, 0.05) is 10.7 Å². The highest BCUT2D eigenvalue weighted by molar-refractivity contribution is 6.31. The molecule has 0 aromatic heterocycles. The molecular formula is C18H17ClN2O3. The molecule has 1 aliphatic heterocycles. The summed E-state index contributed by atoms with van der Waals surface area (Å²) < 4.78 is 5.10. The van der Waals surface area contributed by atoms with Gasteiger partial charge in [-0.15, -0.1) is 0 Å². The van der Waals surface area contributed by atoms with Crippen molar-refractivity contribution in [2.45, 2.75) is 19.4 Å². The number of nitrogens with one attached hydrogen (secondary N) is 1. The lowest BCUT2D eigenvalue weighted by atomic mass is 10.1. The number of methoxy groups -OCH3 is 1. The predicted molar refractivity (Wildman–Crippen MR) is 93.7 cm³/mol. The number of hydrogen-bond donors (Lipinski definition) is 1. The molecule has 1 atom stereocenters. The number of hydrogen-bond acceptors (Lipinski definition) is 4. The van der Waals surface area contributed by atoms with Crippen LogP contribution in [0.3, 0.4) is 0 Å². The van der Waals surface area contributed by atoms with Gasteiger partial charge in [0.25, 0.3) is 5.91 Å². The van der Waals surface area contributed by atoms with Crippen LogP contribution in [0, 0.1) is 6.92 Å². The summed E-state index contributed by atoms with van der Waals surface area (Å²) in [5.41, 5.74) is 2.14. The molecule has 5 nitrogen and oxygen atoms in total. The number of ether oxygens (including phenoxy) is 1. The van der Waals surface area contributed by atoms with Crippen molar-refractivity contribution >= 4 is 34.8 Å². The van der Waals surface area contributed by atoms with Gasteiger partial charge < -0.3 is 10.1 Å². The van der Waals surface area contributed by atoms with Gasteiger partial charge in [-0.1, -0.05) is 17.7 Å². The van der Waals surface area contributed by atoms with Crippen LogP contribution in [0.25, 0.3) is 0 Å². The smallest absolute Gasteiger partial charge is 0.256 e. The van der Waals surface area contributed by atoms with E-state index in [-0.39, 0.29) is 18.2 Å². The van der Waals surface area contributed by atoms with E-state index in [0.717, 1.165) is 11.3 Å². The van der Waals surface area contributed by atoms with E-state index in [1.807, 2.05) is 13.0 Å². The topological polar surface area (TPSA) is 58.6 Å². The average Bonchev–Trinajstić information content (AvgIpc) is 2.86. The first-order valence-electron chi connectivity index (χ1n) is 7.53. The van der Waals surface area contributed by atoms with Gasteiger partial charge in [0.15, 0.2) is 0 Å². The quantitative estimate of drug-likeness (QED) is 0.864. The minimum atomic E-state index is -0.600. The molecule has 0 radical (unpaired) electrons. The minimum Gasteiger partial charge on any atom is -0.497 e. The summed E-state index contributed by atoms with van der Waals surface area (Å²) in [5, 5.41) is 3.75. The van der Waals surface area contributed by atoms with E-state index in [1.54, 1.807) is 43.5 Å². The van der Waals surface area contributed by atoms with Crippen molar-refractivity contribution in [3.8, 4) is 5.75 Å². The van der Waals surface area contributed by atoms with Crippen molar-refractivity contribution in [2.24, 2.45) is 0 Å². The zero-order valence-corrected chi connectivity index (χ0v) is 14.1. The first-order chi connectivity index (χ1) is 11.5. The Morgan fingerprint density at radius 1 is 1.17 bits per heavy atom. The molecule has 1 heterocycles. The number of carbonyl (C=O) groups is 2. The van der Waals surface area contributed by atoms with E-state index >= 15 is 0 Å². The van der Waals surface area contributed by atoms with Crippen LogP contribution >= 0.6 is 11.6 Å². The molecule has 1 aliphatic rings. The molecule has 0 bridgehead atoms. The fourth-order valence-corrected chi connectivity index (χ4v) is 2.87. The van der Waals surface area contributed by atoms with Crippen LogP contribution < -0.4 is 15.0 Å². The van der Waals surface area contributed by atoms with Crippen molar-refractivity contribution in [2.75, 3.05) is 17.3 Å². The normalized spacial score (nSPS) is 17.3. The van der Waals surface area contributed by atoms with E-state index in [2.05, 4.69) is 5.32 Å². The Hall–Kier alpha value is -2.53. The van der Waals surface area contributed by atoms with Gasteiger partial charge in [-0.2, -0.15) is 0 Å². The molecule has 6 heteroatoms. The second-order valence-corrected chi connectivity index (χ2v) is 5.99. The number of anilines is 2. The minimum absolute atomic E-state index is 0.108. The molecule has 2 amide bonds. The van der Waals surface area contributed by atoms with E-state index in [4.69, 9.17) is 16.3 Å². The van der Waals surface area contributed by atoms with Crippen molar-refractivity contribution in [1.29, 1.82) is 0 Å². The number of carbonyl (C=O) groups excluding carboxylic acids is 2. The van der Waals surface area contributed by atoms with Crippen LogP contribution in [-0.4, -0.2) is 25.0 Å². The third kappa shape index (κ3) is 2.95. The lowest BCUT2D eigenvalue weighted by molar-refractivity contribution is -0.121. The predicted octanol–water partition coefficient (Wildman–Crippen LogP) is 3.40. The maximum atomic E-state index is 12.6.